The van der Waals surface area contributed by atoms with Gasteiger partial charge in [-0.05, 0) is 31.2 Å². The Kier molecular flexibility index (Phi) is 4.42. The van der Waals surface area contributed by atoms with Crippen LogP contribution in [0.15, 0.2) is 23.4 Å². The molecule has 6 heteroatoms. The summed E-state index contributed by atoms with van der Waals surface area (Å²) in [6, 6.07) is 3.47. The van der Waals surface area contributed by atoms with Crippen LogP contribution in [-0.4, -0.2) is 46.2 Å². The van der Waals surface area contributed by atoms with Gasteiger partial charge in [-0.15, -0.1) is 11.8 Å². The highest BCUT2D eigenvalue weighted by Crippen LogP contribution is 2.22. The molecular formula is C13H16N2O3S. The van der Waals surface area contributed by atoms with Gasteiger partial charge in [-0.2, -0.15) is 0 Å². The van der Waals surface area contributed by atoms with Crippen LogP contribution >= 0.6 is 11.8 Å². The lowest BCUT2D eigenvalue weighted by atomic mass is 9.98. The summed E-state index contributed by atoms with van der Waals surface area (Å²) in [4.78, 5) is 29.2. The maximum Gasteiger partial charge on any atom is 0.308 e. The normalized spacial score (nSPS) is 19.2. The number of likely N-dealkylation sites (tertiary alicyclic amines) is 1. The molecule has 1 aromatic heterocycles. The Bertz CT molecular complexity index is 493. The number of carboxylic acids is 1. The van der Waals surface area contributed by atoms with Crippen LogP contribution in [0.1, 0.15) is 23.2 Å². The topological polar surface area (TPSA) is 70.5 Å². The summed E-state index contributed by atoms with van der Waals surface area (Å²) in [5.41, 5.74) is 0.557. The van der Waals surface area contributed by atoms with Crippen LogP contribution in [0, 0.1) is 5.92 Å². The van der Waals surface area contributed by atoms with Crippen LogP contribution in [0.4, 0.5) is 0 Å². The number of thioether (sulfide) groups is 1. The lowest BCUT2D eigenvalue weighted by molar-refractivity contribution is -0.143. The minimum Gasteiger partial charge on any atom is -0.481 e. The summed E-state index contributed by atoms with van der Waals surface area (Å²) < 4.78 is 0. The van der Waals surface area contributed by atoms with E-state index in [0.29, 0.717) is 23.6 Å². The van der Waals surface area contributed by atoms with E-state index < -0.39 is 11.9 Å². The third-order valence-electron chi connectivity index (χ3n) is 3.25. The minimum atomic E-state index is -0.825. The summed E-state index contributed by atoms with van der Waals surface area (Å²) in [5.74, 6) is -1.40. The number of amides is 1. The molecule has 1 fully saturated rings. The first-order chi connectivity index (χ1) is 9.13. The van der Waals surface area contributed by atoms with Crippen molar-refractivity contribution < 1.29 is 14.7 Å². The van der Waals surface area contributed by atoms with Crippen LogP contribution in [0.25, 0.3) is 0 Å². The van der Waals surface area contributed by atoms with Crippen molar-refractivity contribution in [1.82, 2.24) is 9.88 Å². The summed E-state index contributed by atoms with van der Waals surface area (Å²) >= 11 is 1.42. The molecule has 1 aliphatic rings. The van der Waals surface area contributed by atoms with Crippen molar-refractivity contribution >= 4 is 23.6 Å². The Morgan fingerprint density at radius 1 is 1.53 bits per heavy atom. The zero-order chi connectivity index (χ0) is 13.8. The molecule has 19 heavy (non-hydrogen) atoms. The van der Waals surface area contributed by atoms with Crippen molar-refractivity contribution in [2.24, 2.45) is 5.92 Å². The number of aromatic nitrogens is 1. The molecule has 1 N–H and O–H groups in total. The molecule has 0 saturated carbocycles. The lowest BCUT2D eigenvalue weighted by Crippen LogP contribution is -2.42. The number of rotatable bonds is 3. The van der Waals surface area contributed by atoms with E-state index in [1.807, 2.05) is 6.26 Å². The first-order valence-corrected chi connectivity index (χ1v) is 7.37. The molecule has 0 radical (unpaired) electrons. The zero-order valence-electron chi connectivity index (χ0n) is 10.7. The smallest absolute Gasteiger partial charge is 0.308 e. The highest BCUT2D eigenvalue weighted by atomic mass is 32.2. The number of pyridine rings is 1. The Morgan fingerprint density at radius 3 is 3.00 bits per heavy atom. The van der Waals surface area contributed by atoms with E-state index in [1.54, 1.807) is 23.2 Å². The number of carbonyl (C=O) groups is 2. The maximum absolute atomic E-state index is 12.4. The number of nitrogens with zero attached hydrogens (tertiary/aromatic N) is 2. The van der Waals surface area contributed by atoms with Gasteiger partial charge < -0.3 is 10.0 Å². The van der Waals surface area contributed by atoms with Crippen LogP contribution < -0.4 is 0 Å². The van der Waals surface area contributed by atoms with E-state index in [9.17, 15) is 9.59 Å². The van der Waals surface area contributed by atoms with Crippen molar-refractivity contribution in [3.8, 4) is 0 Å². The molecule has 1 aromatic rings. The summed E-state index contributed by atoms with van der Waals surface area (Å²) in [6.07, 6.45) is 4.90. The standard InChI is InChI=1S/C13H16N2O3S/c1-19-11-10(5-2-6-14-11)12(16)15-7-3-4-9(8-15)13(17)18/h2,5-6,9H,3-4,7-8H2,1H3,(H,17,18). The van der Waals surface area contributed by atoms with E-state index in [1.165, 1.54) is 11.8 Å². The fourth-order valence-corrected chi connectivity index (χ4v) is 2.79. The molecular weight excluding hydrogens is 264 g/mol. The second-order valence-electron chi connectivity index (χ2n) is 4.49. The van der Waals surface area contributed by atoms with Gasteiger partial charge in [0.2, 0.25) is 0 Å². The summed E-state index contributed by atoms with van der Waals surface area (Å²) in [6.45, 7) is 0.905. The van der Waals surface area contributed by atoms with E-state index in [-0.39, 0.29) is 12.5 Å². The Morgan fingerprint density at radius 2 is 2.32 bits per heavy atom. The molecule has 2 heterocycles. The van der Waals surface area contributed by atoms with Crippen molar-refractivity contribution in [3.63, 3.8) is 0 Å². The van der Waals surface area contributed by atoms with Crippen molar-refractivity contribution in [3.05, 3.63) is 23.9 Å². The Labute approximate surface area is 116 Å². The number of aliphatic carboxylic acids is 1. The lowest BCUT2D eigenvalue weighted by Gasteiger charge is -2.31. The van der Waals surface area contributed by atoms with Gasteiger partial charge in [0.1, 0.15) is 5.03 Å². The molecule has 1 aliphatic heterocycles. The van der Waals surface area contributed by atoms with E-state index in [4.69, 9.17) is 5.11 Å². The third kappa shape index (κ3) is 3.07. The van der Waals surface area contributed by atoms with Crippen LogP contribution in [0.5, 0.6) is 0 Å². The van der Waals surface area contributed by atoms with Gasteiger partial charge in [0.25, 0.3) is 5.91 Å². The largest absolute Gasteiger partial charge is 0.481 e. The van der Waals surface area contributed by atoms with E-state index in [0.717, 1.165) is 6.42 Å². The first kappa shape index (κ1) is 13.9. The molecule has 1 unspecified atom stereocenters. The SMILES string of the molecule is CSc1ncccc1C(=O)N1CCCC(C(=O)O)C1. The number of piperidine rings is 1. The second kappa shape index (κ2) is 6.06. The molecule has 0 aromatic carbocycles. The number of carboxylic acid groups (broad SMARTS) is 1. The molecule has 2 rings (SSSR count). The van der Waals surface area contributed by atoms with E-state index >= 15 is 0 Å². The molecule has 1 amide bonds. The van der Waals surface area contributed by atoms with Gasteiger partial charge in [-0.3, -0.25) is 9.59 Å². The molecule has 0 aliphatic carbocycles. The minimum absolute atomic E-state index is 0.122. The quantitative estimate of drug-likeness (QED) is 0.854. The fraction of sp³-hybridized carbons (Fsp3) is 0.462. The molecule has 0 bridgehead atoms. The molecule has 0 spiro atoms. The fourth-order valence-electron chi connectivity index (χ4n) is 2.25. The molecule has 5 nitrogen and oxygen atoms in total. The van der Waals surface area contributed by atoms with Crippen molar-refractivity contribution in [1.29, 1.82) is 0 Å². The van der Waals surface area contributed by atoms with Gasteiger partial charge >= 0.3 is 5.97 Å². The first-order valence-electron chi connectivity index (χ1n) is 6.14. The van der Waals surface area contributed by atoms with Gasteiger partial charge in [-0.1, -0.05) is 0 Å². The second-order valence-corrected chi connectivity index (χ2v) is 5.28. The zero-order valence-corrected chi connectivity index (χ0v) is 11.5. The van der Waals surface area contributed by atoms with Gasteiger partial charge in [0.15, 0.2) is 0 Å². The molecule has 1 saturated heterocycles. The van der Waals surface area contributed by atoms with Crippen LogP contribution in [0.3, 0.4) is 0 Å². The van der Waals surface area contributed by atoms with E-state index in [2.05, 4.69) is 4.98 Å². The van der Waals surface area contributed by atoms with Gasteiger partial charge in [-0.25, -0.2) is 4.98 Å². The van der Waals surface area contributed by atoms with Gasteiger partial charge in [0.05, 0.1) is 11.5 Å². The number of hydrogen-bond donors (Lipinski definition) is 1. The average molecular weight is 280 g/mol. The molecule has 1 atom stereocenters. The van der Waals surface area contributed by atoms with Gasteiger partial charge in [0, 0.05) is 19.3 Å². The summed E-state index contributed by atoms with van der Waals surface area (Å²) in [5, 5.41) is 9.74. The van der Waals surface area contributed by atoms with Crippen LogP contribution in [-0.2, 0) is 4.79 Å². The van der Waals surface area contributed by atoms with Crippen LogP contribution in [0.2, 0.25) is 0 Å². The van der Waals surface area contributed by atoms with Crippen molar-refractivity contribution in [2.75, 3.05) is 19.3 Å². The maximum atomic E-state index is 12.4. The average Bonchev–Trinajstić information content (AvgIpc) is 2.46. The summed E-state index contributed by atoms with van der Waals surface area (Å²) in [7, 11) is 0. The predicted molar refractivity (Wildman–Crippen MR) is 72.3 cm³/mol. The number of hydrogen-bond acceptors (Lipinski definition) is 4. The molecule has 102 valence electrons. The Hall–Kier alpha value is -1.56. The predicted octanol–water partition coefficient (Wildman–Crippen LogP) is 1.74. The monoisotopic (exact) mass is 280 g/mol. The highest BCUT2D eigenvalue weighted by Gasteiger charge is 2.29. The third-order valence-corrected chi connectivity index (χ3v) is 3.96. The number of carbonyl (C=O) groups excluding carboxylic acids is 1. The Balaban J connectivity index is 2.17. The highest BCUT2D eigenvalue weighted by molar-refractivity contribution is 7.98. The van der Waals surface area contributed by atoms with Crippen molar-refractivity contribution in [2.45, 2.75) is 17.9 Å².